The Morgan fingerprint density at radius 1 is 1.43 bits per heavy atom. The van der Waals surface area contributed by atoms with E-state index >= 15 is 0 Å². The number of ether oxygens (including phenoxy) is 1. The normalized spacial score (nSPS) is 9.21. The Kier molecular flexibility index (Phi) is 3.18. The first-order valence-electron chi connectivity index (χ1n) is 4.07. The molecule has 0 aliphatic heterocycles. The largest absolute Gasteiger partial charge is 0.464 e. The molecule has 1 heterocycles. The fourth-order valence-electron chi connectivity index (χ4n) is 1.04. The Hall–Kier alpha value is -1.90. The van der Waals surface area contributed by atoms with Crippen molar-refractivity contribution < 1.29 is 9.53 Å². The summed E-state index contributed by atoms with van der Waals surface area (Å²) in [6.07, 6.45) is 3.23. The standard InChI is InChI=1S/C11H11NO2/c1-4-8-6-7-10(11(13)14-3)12-9(8)5-2/h4-7H,1-2H2,3H3. The monoisotopic (exact) mass is 189 g/mol. The van der Waals surface area contributed by atoms with E-state index in [0.29, 0.717) is 5.69 Å². The number of nitrogens with zero attached hydrogens (tertiary/aromatic N) is 1. The quantitative estimate of drug-likeness (QED) is 0.684. The lowest BCUT2D eigenvalue weighted by Crippen LogP contribution is -2.05. The number of hydrogen-bond acceptors (Lipinski definition) is 3. The van der Waals surface area contributed by atoms with Crippen LogP contribution in [0.15, 0.2) is 25.3 Å². The Morgan fingerprint density at radius 3 is 2.64 bits per heavy atom. The third kappa shape index (κ3) is 1.88. The zero-order chi connectivity index (χ0) is 10.6. The molecule has 0 unspecified atom stereocenters. The average molecular weight is 189 g/mol. The smallest absolute Gasteiger partial charge is 0.356 e. The van der Waals surface area contributed by atoms with Crippen LogP contribution in [-0.2, 0) is 4.74 Å². The zero-order valence-corrected chi connectivity index (χ0v) is 7.99. The van der Waals surface area contributed by atoms with E-state index in [1.807, 2.05) is 0 Å². The van der Waals surface area contributed by atoms with E-state index in [0.717, 1.165) is 5.56 Å². The fraction of sp³-hybridized carbons (Fsp3) is 0.0909. The van der Waals surface area contributed by atoms with Gasteiger partial charge < -0.3 is 4.74 Å². The van der Waals surface area contributed by atoms with E-state index < -0.39 is 5.97 Å². The molecule has 0 aromatic carbocycles. The molecule has 72 valence electrons. The highest BCUT2D eigenvalue weighted by Gasteiger charge is 2.08. The second-order valence-corrected chi connectivity index (χ2v) is 2.57. The first-order valence-corrected chi connectivity index (χ1v) is 4.07. The van der Waals surface area contributed by atoms with Crippen LogP contribution < -0.4 is 0 Å². The first-order chi connectivity index (χ1) is 6.72. The molecular weight excluding hydrogens is 178 g/mol. The van der Waals surface area contributed by atoms with Crippen molar-refractivity contribution in [1.82, 2.24) is 4.98 Å². The molecule has 14 heavy (non-hydrogen) atoms. The highest BCUT2D eigenvalue weighted by Crippen LogP contribution is 2.11. The van der Waals surface area contributed by atoms with Gasteiger partial charge in [0.2, 0.25) is 0 Å². The van der Waals surface area contributed by atoms with Gasteiger partial charge in [0.25, 0.3) is 0 Å². The van der Waals surface area contributed by atoms with Crippen molar-refractivity contribution in [3.63, 3.8) is 0 Å². The summed E-state index contributed by atoms with van der Waals surface area (Å²) < 4.78 is 4.55. The summed E-state index contributed by atoms with van der Waals surface area (Å²) in [5.74, 6) is -0.455. The van der Waals surface area contributed by atoms with Crippen molar-refractivity contribution in [1.29, 1.82) is 0 Å². The van der Waals surface area contributed by atoms with Crippen LogP contribution in [0.4, 0.5) is 0 Å². The second kappa shape index (κ2) is 4.37. The second-order valence-electron chi connectivity index (χ2n) is 2.57. The van der Waals surface area contributed by atoms with Crippen molar-refractivity contribution in [3.8, 4) is 0 Å². The van der Waals surface area contributed by atoms with Gasteiger partial charge in [-0.3, -0.25) is 0 Å². The maximum atomic E-state index is 11.1. The molecule has 0 saturated heterocycles. The third-order valence-electron chi connectivity index (χ3n) is 1.77. The van der Waals surface area contributed by atoms with E-state index in [-0.39, 0.29) is 5.69 Å². The van der Waals surface area contributed by atoms with Gasteiger partial charge in [-0.15, -0.1) is 0 Å². The van der Waals surface area contributed by atoms with Crippen molar-refractivity contribution in [2.75, 3.05) is 7.11 Å². The van der Waals surface area contributed by atoms with Crippen molar-refractivity contribution in [2.24, 2.45) is 0 Å². The highest BCUT2D eigenvalue weighted by molar-refractivity contribution is 5.87. The summed E-state index contributed by atoms with van der Waals surface area (Å²) >= 11 is 0. The Bertz CT molecular complexity index is 383. The van der Waals surface area contributed by atoms with Crippen LogP contribution in [0, 0.1) is 0 Å². The zero-order valence-electron chi connectivity index (χ0n) is 7.99. The van der Waals surface area contributed by atoms with Gasteiger partial charge in [-0.2, -0.15) is 0 Å². The molecule has 1 rings (SSSR count). The molecule has 0 radical (unpaired) electrons. The molecule has 1 aromatic heterocycles. The van der Waals surface area contributed by atoms with E-state index in [1.165, 1.54) is 7.11 Å². The Labute approximate surface area is 82.7 Å². The van der Waals surface area contributed by atoms with E-state index in [1.54, 1.807) is 24.3 Å². The predicted octanol–water partition coefficient (Wildman–Crippen LogP) is 2.15. The number of pyridine rings is 1. The molecule has 3 heteroatoms. The van der Waals surface area contributed by atoms with Crippen LogP contribution in [0.25, 0.3) is 12.2 Å². The Balaban J connectivity index is 3.20. The number of carbonyl (C=O) groups is 1. The summed E-state index contributed by atoms with van der Waals surface area (Å²) in [7, 11) is 1.32. The number of esters is 1. The van der Waals surface area contributed by atoms with Gasteiger partial charge >= 0.3 is 5.97 Å². The van der Waals surface area contributed by atoms with Gasteiger partial charge in [-0.1, -0.05) is 25.3 Å². The van der Waals surface area contributed by atoms with Gasteiger partial charge in [-0.05, 0) is 17.7 Å². The molecule has 3 nitrogen and oxygen atoms in total. The highest BCUT2D eigenvalue weighted by atomic mass is 16.5. The summed E-state index contributed by atoms with van der Waals surface area (Å²) in [6.45, 7) is 7.23. The van der Waals surface area contributed by atoms with E-state index in [9.17, 15) is 4.79 Å². The average Bonchev–Trinajstić information content (AvgIpc) is 2.26. The summed E-state index contributed by atoms with van der Waals surface area (Å²) in [6, 6.07) is 3.35. The van der Waals surface area contributed by atoms with E-state index in [4.69, 9.17) is 0 Å². The minimum atomic E-state index is -0.455. The van der Waals surface area contributed by atoms with Crippen LogP contribution in [0.1, 0.15) is 21.7 Å². The van der Waals surface area contributed by atoms with Gasteiger partial charge in [0.05, 0.1) is 12.8 Å². The third-order valence-corrected chi connectivity index (χ3v) is 1.77. The van der Waals surface area contributed by atoms with Crippen LogP contribution >= 0.6 is 0 Å². The maximum Gasteiger partial charge on any atom is 0.356 e. The van der Waals surface area contributed by atoms with Crippen LogP contribution in [-0.4, -0.2) is 18.1 Å². The lowest BCUT2D eigenvalue weighted by atomic mass is 10.1. The summed E-state index contributed by atoms with van der Waals surface area (Å²) in [5.41, 5.74) is 1.74. The minimum Gasteiger partial charge on any atom is -0.464 e. The number of rotatable bonds is 3. The van der Waals surface area contributed by atoms with Gasteiger partial charge in [0.1, 0.15) is 5.69 Å². The van der Waals surface area contributed by atoms with Crippen molar-refractivity contribution >= 4 is 18.1 Å². The molecular formula is C11H11NO2. The molecule has 0 N–H and O–H groups in total. The topological polar surface area (TPSA) is 39.2 Å². The summed E-state index contributed by atoms with van der Waals surface area (Å²) in [4.78, 5) is 15.2. The Morgan fingerprint density at radius 2 is 2.14 bits per heavy atom. The molecule has 0 bridgehead atoms. The van der Waals surface area contributed by atoms with Crippen LogP contribution in [0.3, 0.4) is 0 Å². The minimum absolute atomic E-state index is 0.271. The molecule has 0 atom stereocenters. The molecule has 0 aliphatic rings. The molecule has 0 spiro atoms. The molecule has 1 aromatic rings. The van der Waals surface area contributed by atoms with E-state index in [2.05, 4.69) is 22.9 Å². The van der Waals surface area contributed by atoms with Crippen molar-refractivity contribution in [2.45, 2.75) is 0 Å². The first kappa shape index (κ1) is 10.2. The molecule has 0 amide bonds. The SMILES string of the molecule is C=Cc1ccc(C(=O)OC)nc1C=C. The molecule has 0 aliphatic carbocycles. The predicted molar refractivity (Wildman–Crippen MR) is 55.8 cm³/mol. The molecule has 0 fully saturated rings. The molecule has 0 saturated carbocycles. The lowest BCUT2D eigenvalue weighted by molar-refractivity contribution is 0.0594. The number of hydrogen-bond donors (Lipinski definition) is 0. The van der Waals surface area contributed by atoms with Crippen LogP contribution in [0.2, 0.25) is 0 Å². The van der Waals surface area contributed by atoms with Crippen molar-refractivity contribution in [3.05, 3.63) is 42.2 Å². The maximum absolute atomic E-state index is 11.1. The number of carbonyl (C=O) groups excluding carboxylic acids is 1. The lowest BCUT2D eigenvalue weighted by Gasteiger charge is -2.02. The number of methoxy groups -OCH3 is 1. The van der Waals surface area contributed by atoms with Crippen LogP contribution in [0.5, 0.6) is 0 Å². The summed E-state index contributed by atoms with van der Waals surface area (Å²) in [5, 5.41) is 0. The van der Waals surface area contributed by atoms with Gasteiger partial charge in [-0.25, -0.2) is 9.78 Å². The fourth-order valence-corrected chi connectivity index (χ4v) is 1.04. The van der Waals surface area contributed by atoms with Gasteiger partial charge in [0, 0.05) is 0 Å². The van der Waals surface area contributed by atoms with Gasteiger partial charge in [0.15, 0.2) is 0 Å². The number of aromatic nitrogens is 1.